The van der Waals surface area contributed by atoms with Crippen LogP contribution < -0.4 is 10.4 Å². The van der Waals surface area contributed by atoms with Crippen molar-refractivity contribution in [2.24, 2.45) is 5.92 Å². The SMILES string of the molecule is C=C.CC(=O)O.CCCCC1C(=O)NN(c2ccccc2)C1=O.CCOCC. The fraction of sp³-hybridized carbons (Fsp3) is 0.476. The number of para-hydroxylation sites is 1. The number of anilines is 1. The summed E-state index contributed by atoms with van der Waals surface area (Å²) in [5.41, 5.74) is 3.34. The molecule has 1 saturated heterocycles. The van der Waals surface area contributed by atoms with E-state index in [1.807, 2.05) is 39.0 Å². The predicted octanol–water partition coefficient (Wildman–Crippen LogP) is 3.81. The van der Waals surface area contributed by atoms with Gasteiger partial charge in [-0.2, -0.15) is 0 Å². The van der Waals surface area contributed by atoms with Gasteiger partial charge in [-0.25, -0.2) is 5.01 Å². The van der Waals surface area contributed by atoms with Crippen LogP contribution in [0.15, 0.2) is 43.5 Å². The van der Waals surface area contributed by atoms with Crippen molar-refractivity contribution in [3.8, 4) is 0 Å². The average molecular weight is 395 g/mol. The summed E-state index contributed by atoms with van der Waals surface area (Å²) in [6.07, 6.45) is 2.51. The van der Waals surface area contributed by atoms with Gasteiger partial charge < -0.3 is 9.84 Å². The average Bonchev–Trinajstić information content (AvgIpc) is 2.97. The van der Waals surface area contributed by atoms with Crippen molar-refractivity contribution < 1.29 is 24.2 Å². The Morgan fingerprint density at radius 1 is 1.14 bits per heavy atom. The molecule has 28 heavy (non-hydrogen) atoms. The van der Waals surface area contributed by atoms with Gasteiger partial charge >= 0.3 is 0 Å². The highest BCUT2D eigenvalue weighted by Crippen LogP contribution is 2.22. The summed E-state index contributed by atoms with van der Waals surface area (Å²) in [5.74, 6) is -1.68. The smallest absolute Gasteiger partial charge is 0.300 e. The number of aliphatic carboxylic acids is 1. The first-order chi connectivity index (χ1) is 13.4. The third-order valence-corrected chi connectivity index (χ3v) is 3.33. The number of hydrazine groups is 1. The Morgan fingerprint density at radius 3 is 2.04 bits per heavy atom. The van der Waals surface area contributed by atoms with E-state index >= 15 is 0 Å². The molecule has 0 radical (unpaired) electrons. The largest absolute Gasteiger partial charge is 0.481 e. The van der Waals surface area contributed by atoms with Crippen LogP contribution in [-0.4, -0.2) is 36.1 Å². The second-order valence-electron chi connectivity index (χ2n) is 5.48. The normalized spacial score (nSPS) is 14.4. The number of unbranched alkanes of at least 4 members (excludes halogenated alkanes) is 1. The van der Waals surface area contributed by atoms with Crippen LogP contribution in [0.3, 0.4) is 0 Å². The predicted molar refractivity (Wildman–Crippen MR) is 112 cm³/mol. The van der Waals surface area contributed by atoms with Crippen LogP contribution in [0.5, 0.6) is 0 Å². The highest BCUT2D eigenvalue weighted by molar-refractivity contribution is 6.14. The maximum Gasteiger partial charge on any atom is 0.300 e. The number of hydrogen-bond acceptors (Lipinski definition) is 4. The van der Waals surface area contributed by atoms with Crippen molar-refractivity contribution in [3.05, 3.63) is 43.5 Å². The van der Waals surface area contributed by atoms with Gasteiger partial charge in [0, 0.05) is 20.1 Å². The molecule has 1 heterocycles. The van der Waals surface area contributed by atoms with Crippen molar-refractivity contribution in [2.75, 3.05) is 18.2 Å². The Kier molecular flexibility index (Phi) is 17.4. The first-order valence-electron chi connectivity index (χ1n) is 9.35. The van der Waals surface area contributed by atoms with Crippen LogP contribution in [0.1, 0.15) is 47.0 Å². The molecule has 7 nitrogen and oxygen atoms in total. The van der Waals surface area contributed by atoms with E-state index in [0.717, 1.165) is 33.0 Å². The Labute approximate surface area is 168 Å². The summed E-state index contributed by atoms with van der Waals surface area (Å²) < 4.78 is 4.83. The van der Waals surface area contributed by atoms with E-state index in [-0.39, 0.29) is 11.8 Å². The maximum atomic E-state index is 12.1. The molecule has 1 atom stereocenters. The molecule has 0 saturated carbocycles. The second kappa shape index (κ2) is 17.7. The van der Waals surface area contributed by atoms with E-state index in [1.165, 1.54) is 5.01 Å². The van der Waals surface area contributed by atoms with Gasteiger partial charge in [-0.3, -0.25) is 19.8 Å². The highest BCUT2D eigenvalue weighted by Gasteiger charge is 2.39. The number of carbonyl (C=O) groups is 3. The van der Waals surface area contributed by atoms with Gasteiger partial charge in [-0.1, -0.05) is 38.0 Å². The van der Waals surface area contributed by atoms with Crippen LogP contribution in [0, 0.1) is 5.92 Å². The molecule has 1 aliphatic rings. The van der Waals surface area contributed by atoms with Gasteiger partial charge in [0.25, 0.3) is 17.8 Å². The number of hydrogen-bond donors (Lipinski definition) is 2. The summed E-state index contributed by atoms with van der Waals surface area (Å²) in [6.45, 7) is 14.8. The number of ether oxygens (including phenoxy) is 1. The van der Waals surface area contributed by atoms with Crippen LogP contribution in [0.4, 0.5) is 5.69 Å². The fourth-order valence-electron chi connectivity index (χ4n) is 2.15. The van der Waals surface area contributed by atoms with Crippen LogP contribution in [-0.2, 0) is 19.1 Å². The topological polar surface area (TPSA) is 95.9 Å². The molecule has 0 aliphatic carbocycles. The van der Waals surface area contributed by atoms with Gasteiger partial charge in [0.15, 0.2) is 0 Å². The summed E-state index contributed by atoms with van der Waals surface area (Å²) in [7, 11) is 0. The van der Waals surface area contributed by atoms with Crippen LogP contribution in [0.2, 0.25) is 0 Å². The van der Waals surface area contributed by atoms with Crippen molar-refractivity contribution in [2.45, 2.75) is 47.0 Å². The molecule has 2 amide bonds. The zero-order valence-electron chi connectivity index (χ0n) is 17.4. The van der Waals surface area contributed by atoms with E-state index in [0.29, 0.717) is 12.1 Å². The minimum absolute atomic E-state index is 0.144. The number of nitrogens with zero attached hydrogens (tertiary/aromatic N) is 1. The molecule has 0 bridgehead atoms. The minimum Gasteiger partial charge on any atom is -0.481 e. The quantitative estimate of drug-likeness (QED) is 0.565. The van der Waals surface area contributed by atoms with Gasteiger partial charge in [-0.15, -0.1) is 13.2 Å². The summed E-state index contributed by atoms with van der Waals surface area (Å²) in [4.78, 5) is 32.8. The van der Waals surface area contributed by atoms with Gasteiger partial charge in [0.1, 0.15) is 5.92 Å². The van der Waals surface area contributed by atoms with Crippen molar-refractivity contribution in [3.63, 3.8) is 0 Å². The molecule has 1 unspecified atom stereocenters. The highest BCUT2D eigenvalue weighted by atomic mass is 16.5. The number of benzene rings is 1. The molecule has 2 N–H and O–H groups in total. The summed E-state index contributed by atoms with van der Waals surface area (Å²) in [5, 5.41) is 8.77. The minimum atomic E-state index is -0.833. The molecule has 1 aromatic rings. The maximum absolute atomic E-state index is 12.1. The van der Waals surface area contributed by atoms with Crippen molar-refractivity contribution >= 4 is 23.5 Å². The van der Waals surface area contributed by atoms with E-state index in [2.05, 4.69) is 18.6 Å². The van der Waals surface area contributed by atoms with Crippen LogP contribution in [0.25, 0.3) is 0 Å². The number of amides is 2. The molecule has 1 aliphatic heterocycles. The number of carbonyl (C=O) groups excluding carboxylic acids is 2. The number of rotatable bonds is 6. The lowest BCUT2D eigenvalue weighted by molar-refractivity contribution is -0.134. The molecular formula is C21H34N2O5. The van der Waals surface area contributed by atoms with E-state index < -0.39 is 11.9 Å². The van der Waals surface area contributed by atoms with Gasteiger partial charge in [-0.05, 0) is 32.4 Å². The van der Waals surface area contributed by atoms with Gasteiger partial charge in [0.2, 0.25) is 0 Å². The first-order valence-corrected chi connectivity index (χ1v) is 9.35. The van der Waals surface area contributed by atoms with Crippen molar-refractivity contribution in [1.29, 1.82) is 0 Å². The zero-order chi connectivity index (χ0) is 21.9. The lowest BCUT2D eigenvalue weighted by Gasteiger charge is -2.14. The zero-order valence-corrected chi connectivity index (χ0v) is 17.4. The Hall–Kier alpha value is -2.67. The first kappa shape index (κ1) is 27.5. The number of nitrogens with one attached hydrogen (secondary N) is 1. The molecular weight excluding hydrogens is 360 g/mol. The van der Waals surface area contributed by atoms with Crippen molar-refractivity contribution in [1.82, 2.24) is 5.43 Å². The number of carboxylic acid groups (broad SMARTS) is 1. The van der Waals surface area contributed by atoms with E-state index in [4.69, 9.17) is 14.6 Å². The van der Waals surface area contributed by atoms with E-state index in [9.17, 15) is 9.59 Å². The fourth-order valence-corrected chi connectivity index (χ4v) is 2.15. The third-order valence-electron chi connectivity index (χ3n) is 3.33. The lowest BCUT2D eigenvalue weighted by Crippen LogP contribution is -2.35. The standard InChI is InChI=1S/C13H16N2O2.C4H10O.C2H4O2.C2H4/c1-2-3-9-11-12(16)14-15(13(11)17)10-7-5-4-6-8-10;1-3-5-4-2;1-2(3)4;1-2/h4-8,11H,2-3,9H2,1H3,(H,14,16);3-4H2,1-2H3;1H3,(H,3,4);1-2H2. The monoisotopic (exact) mass is 394 g/mol. The second-order valence-corrected chi connectivity index (χ2v) is 5.48. The molecule has 0 spiro atoms. The molecule has 0 aromatic heterocycles. The molecule has 1 aromatic carbocycles. The van der Waals surface area contributed by atoms with Crippen LogP contribution >= 0.6 is 0 Å². The third kappa shape index (κ3) is 11.9. The Morgan fingerprint density at radius 2 is 1.64 bits per heavy atom. The van der Waals surface area contributed by atoms with E-state index in [1.54, 1.807) is 12.1 Å². The lowest BCUT2D eigenvalue weighted by atomic mass is 10.0. The molecule has 158 valence electrons. The summed E-state index contributed by atoms with van der Waals surface area (Å²) in [6, 6.07) is 9.17. The Bertz CT molecular complexity index is 557. The van der Waals surface area contributed by atoms with Gasteiger partial charge in [0.05, 0.1) is 5.69 Å². The molecule has 7 heteroatoms. The molecule has 1 fully saturated rings. The number of carboxylic acids is 1. The molecule has 2 rings (SSSR count). The summed E-state index contributed by atoms with van der Waals surface area (Å²) >= 11 is 0. The Balaban J connectivity index is 0.